The van der Waals surface area contributed by atoms with E-state index in [9.17, 15) is 0 Å². The van der Waals surface area contributed by atoms with Gasteiger partial charge in [-0.2, -0.15) is 0 Å². The summed E-state index contributed by atoms with van der Waals surface area (Å²) in [7, 11) is 2.06. The Morgan fingerprint density at radius 2 is 1.64 bits per heavy atom. The first-order valence-corrected chi connectivity index (χ1v) is 9.50. The summed E-state index contributed by atoms with van der Waals surface area (Å²) in [5.41, 5.74) is 11.1. The van der Waals surface area contributed by atoms with E-state index in [0.717, 1.165) is 16.8 Å². The summed E-state index contributed by atoms with van der Waals surface area (Å²) in [6, 6.07) is 12.9. The molecule has 1 unspecified atom stereocenters. The minimum Gasteiger partial charge on any atom is -0.368 e. The van der Waals surface area contributed by atoms with E-state index < -0.39 is 0 Å². The van der Waals surface area contributed by atoms with Crippen molar-refractivity contribution in [3.05, 3.63) is 72.3 Å². The zero-order valence-corrected chi connectivity index (χ0v) is 16.7. The van der Waals surface area contributed by atoms with Crippen molar-refractivity contribution in [2.24, 2.45) is 13.0 Å². The Morgan fingerprint density at radius 1 is 0.964 bits per heavy atom. The highest BCUT2D eigenvalue weighted by Crippen LogP contribution is 2.42. The molecule has 4 rings (SSSR count). The maximum atomic E-state index is 5.60. The number of aromatic nitrogens is 4. The molecule has 5 nitrogen and oxygen atoms in total. The zero-order valence-electron chi connectivity index (χ0n) is 16.7. The highest BCUT2D eigenvalue weighted by molar-refractivity contribution is 5.82. The van der Waals surface area contributed by atoms with Crippen molar-refractivity contribution >= 4 is 17.0 Å². The van der Waals surface area contributed by atoms with Gasteiger partial charge in [-0.15, -0.1) is 0 Å². The Bertz CT molecular complexity index is 1110. The number of anilines is 1. The number of nitrogens with two attached hydrogens (primary N) is 1. The topological polar surface area (TPSA) is 69.6 Å². The van der Waals surface area contributed by atoms with Crippen molar-refractivity contribution in [2.75, 3.05) is 5.73 Å². The molecule has 0 spiro atoms. The fraction of sp³-hybridized carbons (Fsp3) is 0.261. The van der Waals surface area contributed by atoms with Crippen LogP contribution in [0, 0.1) is 5.92 Å². The maximum Gasteiger partial charge on any atom is 0.219 e. The van der Waals surface area contributed by atoms with Crippen LogP contribution >= 0.6 is 0 Å². The van der Waals surface area contributed by atoms with Gasteiger partial charge in [-0.3, -0.25) is 0 Å². The number of hydrogen-bond acceptors (Lipinski definition) is 4. The summed E-state index contributed by atoms with van der Waals surface area (Å²) >= 11 is 0. The third kappa shape index (κ3) is 2.83. The van der Waals surface area contributed by atoms with Gasteiger partial charge >= 0.3 is 0 Å². The van der Waals surface area contributed by atoms with E-state index in [4.69, 9.17) is 5.73 Å². The first-order valence-electron chi connectivity index (χ1n) is 9.50. The van der Waals surface area contributed by atoms with E-state index in [1.54, 1.807) is 12.4 Å². The van der Waals surface area contributed by atoms with Crippen LogP contribution in [0.15, 0.2) is 61.2 Å². The van der Waals surface area contributed by atoms with Gasteiger partial charge in [0.1, 0.15) is 5.65 Å². The highest BCUT2D eigenvalue weighted by Gasteiger charge is 2.35. The molecule has 0 radical (unpaired) electrons. The molecule has 28 heavy (non-hydrogen) atoms. The molecule has 2 N–H and O–H groups in total. The number of pyridine rings is 1. The normalized spacial score (nSPS) is 13.8. The molecule has 0 aliphatic carbocycles. The molecule has 0 amide bonds. The van der Waals surface area contributed by atoms with Crippen LogP contribution in [-0.4, -0.2) is 19.5 Å². The van der Waals surface area contributed by atoms with Crippen molar-refractivity contribution in [2.45, 2.75) is 26.2 Å². The highest BCUT2D eigenvalue weighted by atomic mass is 15.0. The lowest BCUT2D eigenvalue weighted by Gasteiger charge is -2.35. The lowest BCUT2D eigenvalue weighted by Crippen LogP contribution is -2.30. The molecule has 5 heteroatoms. The van der Waals surface area contributed by atoms with Crippen molar-refractivity contribution in [3.8, 4) is 11.1 Å². The van der Waals surface area contributed by atoms with E-state index in [2.05, 4.69) is 83.9 Å². The molecule has 0 saturated carbocycles. The fourth-order valence-corrected chi connectivity index (χ4v) is 3.92. The van der Waals surface area contributed by atoms with Gasteiger partial charge in [-0.1, -0.05) is 45.0 Å². The van der Waals surface area contributed by atoms with Gasteiger partial charge in [0.05, 0.1) is 0 Å². The van der Waals surface area contributed by atoms with Crippen molar-refractivity contribution < 1.29 is 0 Å². The van der Waals surface area contributed by atoms with Crippen LogP contribution in [0.5, 0.6) is 0 Å². The molecule has 4 aromatic rings. The number of benzene rings is 1. The second-order valence-electron chi connectivity index (χ2n) is 7.79. The van der Waals surface area contributed by atoms with Gasteiger partial charge in [-0.05, 0) is 34.7 Å². The van der Waals surface area contributed by atoms with E-state index in [1.165, 1.54) is 16.5 Å². The Kier molecular flexibility index (Phi) is 4.38. The number of nitrogens with zero attached hydrogens (tertiary/aromatic N) is 4. The van der Waals surface area contributed by atoms with E-state index in [0.29, 0.717) is 5.92 Å². The minimum absolute atomic E-state index is 0.140. The molecule has 3 aromatic heterocycles. The van der Waals surface area contributed by atoms with Gasteiger partial charge in [0.25, 0.3) is 0 Å². The molecular weight excluding hydrogens is 346 g/mol. The molecule has 3 heterocycles. The third-order valence-corrected chi connectivity index (χ3v) is 5.94. The third-order valence-electron chi connectivity index (χ3n) is 5.94. The van der Waals surface area contributed by atoms with Gasteiger partial charge in [-0.25, -0.2) is 15.0 Å². The van der Waals surface area contributed by atoms with Gasteiger partial charge < -0.3 is 10.3 Å². The molecule has 0 bridgehead atoms. The monoisotopic (exact) mass is 371 g/mol. The zero-order chi connectivity index (χ0) is 19.9. The van der Waals surface area contributed by atoms with Crippen LogP contribution in [0.2, 0.25) is 0 Å². The predicted octanol–water partition coefficient (Wildman–Crippen LogP) is 4.57. The Hall–Kier alpha value is -3.21. The van der Waals surface area contributed by atoms with Crippen molar-refractivity contribution in [1.29, 1.82) is 0 Å². The van der Waals surface area contributed by atoms with Crippen LogP contribution in [0.25, 0.3) is 22.2 Å². The first-order chi connectivity index (χ1) is 13.4. The predicted molar refractivity (Wildman–Crippen MR) is 114 cm³/mol. The second-order valence-corrected chi connectivity index (χ2v) is 7.79. The van der Waals surface area contributed by atoms with Gasteiger partial charge in [0.2, 0.25) is 5.95 Å². The van der Waals surface area contributed by atoms with Crippen molar-refractivity contribution in [1.82, 2.24) is 19.5 Å². The number of rotatable bonds is 4. The molecule has 0 fully saturated rings. The average molecular weight is 371 g/mol. The lowest BCUT2D eigenvalue weighted by molar-refractivity contribution is 0.407. The summed E-state index contributed by atoms with van der Waals surface area (Å²) in [6.45, 7) is 6.87. The van der Waals surface area contributed by atoms with Crippen LogP contribution in [-0.2, 0) is 12.5 Å². The summed E-state index contributed by atoms with van der Waals surface area (Å²) in [6.07, 6.45) is 7.59. The first kappa shape index (κ1) is 18.2. The molecule has 0 aliphatic heterocycles. The maximum absolute atomic E-state index is 5.60. The summed E-state index contributed by atoms with van der Waals surface area (Å²) < 4.78 is 2.12. The number of nitrogen functional groups attached to an aromatic ring is 1. The summed E-state index contributed by atoms with van der Waals surface area (Å²) in [5.74, 6) is 0.696. The van der Waals surface area contributed by atoms with Crippen LogP contribution in [0.4, 0.5) is 5.95 Å². The SMILES string of the molecule is CC(C)C(C)(c1ccc(-c2cnc(N)nc2)cc1)c1cn(C)c2ncccc12. The average Bonchev–Trinajstić information content (AvgIpc) is 3.05. The van der Waals surface area contributed by atoms with Crippen LogP contribution in [0.1, 0.15) is 31.9 Å². The Labute approximate surface area is 165 Å². The van der Waals surface area contributed by atoms with E-state index in [1.807, 2.05) is 12.3 Å². The number of hydrogen-bond donors (Lipinski definition) is 1. The number of fused-ring (bicyclic) bond motifs is 1. The smallest absolute Gasteiger partial charge is 0.219 e. The van der Waals surface area contributed by atoms with Crippen molar-refractivity contribution in [3.63, 3.8) is 0 Å². The van der Waals surface area contributed by atoms with E-state index >= 15 is 0 Å². The fourth-order valence-electron chi connectivity index (χ4n) is 3.92. The molecular formula is C23H25N5. The quantitative estimate of drug-likeness (QED) is 0.570. The minimum atomic E-state index is -0.140. The molecule has 1 atom stereocenters. The lowest BCUT2D eigenvalue weighted by atomic mass is 9.68. The van der Waals surface area contributed by atoms with E-state index in [-0.39, 0.29) is 11.4 Å². The molecule has 0 aliphatic rings. The van der Waals surface area contributed by atoms with Gasteiger partial charge in [0, 0.05) is 48.2 Å². The van der Waals surface area contributed by atoms with Crippen LogP contribution < -0.4 is 5.73 Å². The summed E-state index contributed by atoms with van der Waals surface area (Å²) in [5, 5.41) is 1.21. The molecule has 0 saturated heterocycles. The summed E-state index contributed by atoms with van der Waals surface area (Å²) in [4.78, 5) is 12.8. The Balaban J connectivity index is 1.82. The number of aryl methyl sites for hydroxylation is 1. The molecule has 142 valence electrons. The molecule has 1 aromatic carbocycles. The van der Waals surface area contributed by atoms with Crippen LogP contribution in [0.3, 0.4) is 0 Å². The Morgan fingerprint density at radius 3 is 2.29 bits per heavy atom. The largest absolute Gasteiger partial charge is 0.368 e. The second kappa shape index (κ2) is 6.75. The van der Waals surface area contributed by atoms with Gasteiger partial charge in [0.15, 0.2) is 0 Å². The standard InChI is InChI=1S/C23H25N5/c1-15(2)23(3,20-14-28(4)21-19(20)6-5-11-25-21)18-9-7-16(8-10-18)17-12-26-22(24)27-13-17/h5-15H,1-4H3,(H2,24,26,27).